The maximum absolute atomic E-state index is 15.2. The molecule has 2 N–H and O–H groups in total. The molecule has 4 atom stereocenters. The van der Waals surface area contributed by atoms with Crippen molar-refractivity contribution in [2.45, 2.75) is 43.9 Å². The first kappa shape index (κ1) is 18.9. The van der Waals surface area contributed by atoms with Crippen molar-refractivity contribution < 1.29 is 9.50 Å². The van der Waals surface area contributed by atoms with Crippen LogP contribution in [-0.2, 0) is 0 Å². The van der Waals surface area contributed by atoms with E-state index in [1.807, 2.05) is 13.0 Å². The monoisotopic (exact) mass is 406 g/mol. The minimum Gasteiger partial charge on any atom is -0.507 e. The Morgan fingerprint density at radius 2 is 2.23 bits per heavy atom. The summed E-state index contributed by atoms with van der Waals surface area (Å²) in [7, 11) is 0. The Labute approximate surface area is 173 Å². The predicted octanol–water partition coefficient (Wildman–Crippen LogP) is 3.31. The molecule has 2 bridgehead atoms. The van der Waals surface area contributed by atoms with Gasteiger partial charge < -0.3 is 15.0 Å². The Kier molecular flexibility index (Phi) is 4.39. The molecule has 2 aliphatic rings. The lowest BCUT2D eigenvalue weighted by atomic mass is 9.78. The zero-order valence-corrected chi connectivity index (χ0v) is 16.7. The summed E-state index contributed by atoms with van der Waals surface area (Å²) in [5, 5.41) is 22.3. The Bertz CT molecular complexity index is 1080. The van der Waals surface area contributed by atoms with E-state index in [-0.39, 0.29) is 11.7 Å². The summed E-state index contributed by atoms with van der Waals surface area (Å²) in [4.78, 5) is 8.37. The van der Waals surface area contributed by atoms with E-state index in [2.05, 4.69) is 32.1 Å². The zero-order valence-electron chi connectivity index (χ0n) is 16.7. The van der Waals surface area contributed by atoms with E-state index in [1.54, 1.807) is 41.6 Å². The van der Waals surface area contributed by atoms with Crippen molar-refractivity contribution in [3.05, 3.63) is 55.4 Å². The van der Waals surface area contributed by atoms with Crippen LogP contribution in [0.4, 0.5) is 4.39 Å². The standard InChI is InChI=1S/C22H23FN6O/c1-13(17-9-14-5-6-22(2,26-14)20(17)23)18-11-25-21(28-27-18)16-4-3-15(10-19(16)30)29-8-7-24-12-29/h3-4,7-8,10-12,14,17,20,26,30H,1,5-6,9H2,2H3/t14?,17-,20+,22-/m0/s1. The molecule has 4 heterocycles. The molecule has 1 aromatic carbocycles. The third-order valence-corrected chi connectivity index (χ3v) is 6.41. The van der Waals surface area contributed by atoms with Gasteiger partial charge in [0.05, 0.1) is 23.8 Å². The molecule has 8 heteroatoms. The zero-order chi connectivity index (χ0) is 20.9. The van der Waals surface area contributed by atoms with Crippen LogP contribution in [0.2, 0.25) is 0 Å². The minimum absolute atomic E-state index is 0.0428. The van der Waals surface area contributed by atoms with Crippen molar-refractivity contribution >= 4 is 5.57 Å². The molecule has 0 radical (unpaired) electrons. The van der Waals surface area contributed by atoms with Crippen LogP contribution >= 0.6 is 0 Å². The largest absolute Gasteiger partial charge is 0.507 e. The molecule has 0 saturated carbocycles. The van der Waals surface area contributed by atoms with Gasteiger partial charge in [-0.15, -0.1) is 10.2 Å². The van der Waals surface area contributed by atoms with Crippen LogP contribution in [0.15, 0.2) is 49.7 Å². The fraction of sp³-hybridized carbons (Fsp3) is 0.364. The highest BCUT2D eigenvalue weighted by Gasteiger charge is 2.51. The number of nitrogens with zero attached hydrogens (tertiary/aromatic N) is 5. The van der Waals surface area contributed by atoms with Crippen molar-refractivity contribution in [2.24, 2.45) is 5.92 Å². The topological polar surface area (TPSA) is 88.8 Å². The van der Waals surface area contributed by atoms with E-state index < -0.39 is 11.7 Å². The fourth-order valence-corrected chi connectivity index (χ4v) is 4.69. The second-order valence-corrected chi connectivity index (χ2v) is 8.41. The normalized spacial score (nSPS) is 27.9. The number of aromatic hydroxyl groups is 1. The summed E-state index contributed by atoms with van der Waals surface area (Å²) >= 11 is 0. The number of imidazole rings is 1. The van der Waals surface area contributed by atoms with Gasteiger partial charge in [0.15, 0.2) is 5.82 Å². The number of hydrogen-bond acceptors (Lipinski definition) is 6. The van der Waals surface area contributed by atoms with Gasteiger partial charge in [-0.05, 0) is 43.9 Å². The number of fused-ring (bicyclic) bond motifs is 2. The minimum atomic E-state index is -1.02. The molecule has 2 aromatic heterocycles. The van der Waals surface area contributed by atoms with E-state index in [0.717, 1.165) is 18.5 Å². The average Bonchev–Trinajstić information content (AvgIpc) is 3.40. The van der Waals surface area contributed by atoms with Gasteiger partial charge in [-0.1, -0.05) is 6.58 Å². The van der Waals surface area contributed by atoms with Gasteiger partial charge in [0.2, 0.25) is 0 Å². The highest BCUT2D eigenvalue weighted by atomic mass is 19.1. The molecule has 5 rings (SSSR count). The highest BCUT2D eigenvalue weighted by molar-refractivity contribution is 5.67. The summed E-state index contributed by atoms with van der Waals surface area (Å²) < 4.78 is 17.0. The first-order valence-electron chi connectivity index (χ1n) is 10.1. The third kappa shape index (κ3) is 3.08. The number of phenolic OH excluding ortho intramolecular Hbond substituents is 1. The first-order chi connectivity index (χ1) is 14.4. The molecule has 0 aliphatic carbocycles. The smallest absolute Gasteiger partial charge is 0.185 e. The Hall–Kier alpha value is -3.13. The van der Waals surface area contributed by atoms with Gasteiger partial charge in [-0.25, -0.2) is 14.4 Å². The van der Waals surface area contributed by atoms with Crippen LogP contribution in [0.3, 0.4) is 0 Å². The molecule has 2 fully saturated rings. The second-order valence-electron chi connectivity index (χ2n) is 8.41. The summed E-state index contributed by atoms with van der Waals surface area (Å²) in [5.41, 5.74) is 1.87. The van der Waals surface area contributed by atoms with Crippen molar-refractivity contribution in [3.63, 3.8) is 0 Å². The Morgan fingerprint density at radius 1 is 1.37 bits per heavy atom. The van der Waals surface area contributed by atoms with Crippen LogP contribution < -0.4 is 5.32 Å². The van der Waals surface area contributed by atoms with Gasteiger partial charge in [-0.2, -0.15) is 0 Å². The van der Waals surface area contributed by atoms with E-state index in [1.165, 1.54) is 0 Å². The van der Waals surface area contributed by atoms with Gasteiger partial charge in [0.1, 0.15) is 17.6 Å². The van der Waals surface area contributed by atoms with Crippen molar-refractivity contribution in [2.75, 3.05) is 0 Å². The second kappa shape index (κ2) is 6.98. The summed E-state index contributed by atoms with van der Waals surface area (Å²) in [6.07, 6.45) is 8.17. The molecule has 1 unspecified atom stereocenters. The molecular weight excluding hydrogens is 383 g/mol. The quantitative estimate of drug-likeness (QED) is 0.691. The number of rotatable bonds is 4. The lowest BCUT2D eigenvalue weighted by Gasteiger charge is -2.40. The molecule has 7 nitrogen and oxygen atoms in total. The summed E-state index contributed by atoms with van der Waals surface area (Å²) in [6, 6.07) is 5.51. The number of nitrogens with one attached hydrogen (secondary N) is 1. The molecule has 30 heavy (non-hydrogen) atoms. The van der Waals surface area contributed by atoms with Crippen LogP contribution in [-0.4, -0.2) is 47.6 Å². The summed E-state index contributed by atoms with van der Waals surface area (Å²) in [6.45, 7) is 6.06. The van der Waals surface area contributed by atoms with Crippen molar-refractivity contribution in [1.29, 1.82) is 0 Å². The molecule has 3 aromatic rings. The summed E-state index contributed by atoms with van der Waals surface area (Å²) in [5.74, 6) is 0.0465. The maximum Gasteiger partial charge on any atom is 0.185 e. The van der Waals surface area contributed by atoms with Gasteiger partial charge in [0, 0.05) is 36.0 Å². The molecule has 154 valence electrons. The Balaban J connectivity index is 1.38. The number of phenols is 1. The van der Waals surface area contributed by atoms with E-state index in [0.29, 0.717) is 35.1 Å². The van der Waals surface area contributed by atoms with E-state index in [9.17, 15) is 5.11 Å². The molecular formula is C22H23FN6O. The maximum atomic E-state index is 15.2. The molecule has 2 aliphatic heterocycles. The van der Waals surface area contributed by atoms with Crippen molar-refractivity contribution in [3.8, 4) is 22.8 Å². The van der Waals surface area contributed by atoms with Crippen LogP contribution in [0.1, 0.15) is 31.9 Å². The SMILES string of the molecule is C=C(c1cnc(-c2ccc(-n3ccnc3)cc2O)nn1)[C@@H]1CC2CC[C@](C)(N2)[C@@H]1F. The third-order valence-electron chi connectivity index (χ3n) is 6.41. The van der Waals surface area contributed by atoms with Crippen LogP contribution in [0, 0.1) is 5.92 Å². The number of alkyl halides is 1. The highest BCUT2D eigenvalue weighted by Crippen LogP contribution is 2.44. The van der Waals surface area contributed by atoms with E-state index >= 15 is 4.39 Å². The lowest BCUT2D eigenvalue weighted by molar-refractivity contribution is 0.103. The van der Waals surface area contributed by atoms with Crippen molar-refractivity contribution in [1.82, 2.24) is 30.0 Å². The number of hydrogen-bond donors (Lipinski definition) is 2. The molecule has 2 saturated heterocycles. The van der Waals surface area contributed by atoms with Crippen LogP contribution in [0.25, 0.3) is 22.6 Å². The number of aromatic nitrogens is 5. The number of allylic oxidation sites excluding steroid dienone is 1. The molecule has 0 amide bonds. The van der Waals surface area contributed by atoms with Gasteiger partial charge in [-0.3, -0.25) is 0 Å². The number of halogens is 1. The number of benzene rings is 1. The Morgan fingerprint density at radius 3 is 2.93 bits per heavy atom. The molecule has 0 spiro atoms. The van der Waals surface area contributed by atoms with Crippen LogP contribution in [0.5, 0.6) is 5.75 Å². The average molecular weight is 406 g/mol. The lowest BCUT2D eigenvalue weighted by Crippen LogP contribution is -2.56. The van der Waals surface area contributed by atoms with Gasteiger partial charge in [0.25, 0.3) is 0 Å². The predicted molar refractivity (Wildman–Crippen MR) is 111 cm³/mol. The van der Waals surface area contributed by atoms with E-state index in [4.69, 9.17) is 0 Å². The number of piperidine rings is 1. The van der Waals surface area contributed by atoms with Gasteiger partial charge >= 0.3 is 0 Å². The fourth-order valence-electron chi connectivity index (χ4n) is 4.69. The first-order valence-corrected chi connectivity index (χ1v) is 10.1.